The van der Waals surface area contributed by atoms with Gasteiger partial charge in [-0.2, -0.15) is 0 Å². The lowest BCUT2D eigenvalue weighted by atomic mass is 9.71. The van der Waals surface area contributed by atoms with E-state index in [0.29, 0.717) is 6.61 Å². The Morgan fingerprint density at radius 2 is 1.60 bits per heavy atom. The Hall–Kier alpha value is -0.545. The predicted octanol–water partition coefficient (Wildman–Crippen LogP) is 3.45. The van der Waals surface area contributed by atoms with Crippen LogP contribution in [0.15, 0.2) is 0 Å². The van der Waals surface area contributed by atoms with Gasteiger partial charge >= 0.3 is 13.1 Å². The second-order valence-electron chi connectivity index (χ2n) is 7.78. The van der Waals surface area contributed by atoms with Crippen LogP contribution in [0.2, 0.25) is 5.82 Å². The van der Waals surface area contributed by atoms with Crippen molar-refractivity contribution in [2.24, 2.45) is 5.41 Å². The summed E-state index contributed by atoms with van der Waals surface area (Å²) in [5.41, 5.74) is -1.07. The SMILES string of the molecule is C[C@H](CCOC(=O)C(C)(C)C)B1OC(C)(C)C(C)(C)O1. The second-order valence-corrected chi connectivity index (χ2v) is 7.78. The topological polar surface area (TPSA) is 44.8 Å². The van der Waals surface area contributed by atoms with Crippen LogP contribution in [0.3, 0.4) is 0 Å². The maximum absolute atomic E-state index is 11.7. The number of ether oxygens (including phenoxy) is 1. The van der Waals surface area contributed by atoms with Crippen LogP contribution >= 0.6 is 0 Å². The standard InChI is InChI=1S/C15H29BO4/c1-11(9-10-18-12(17)13(2,3)4)16-19-14(5,6)15(7,8)20-16/h11H,9-10H2,1-8H3/t11-/m1/s1. The number of carbonyl (C=O) groups excluding carboxylic acids is 1. The molecule has 1 aliphatic rings. The molecule has 0 aromatic heterocycles. The molecule has 5 heteroatoms. The summed E-state index contributed by atoms with van der Waals surface area (Å²) in [5.74, 6) is 0.0161. The molecule has 1 heterocycles. The Labute approximate surface area is 123 Å². The largest absolute Gasteiger partial charge is 0.465 e. The first-order valence-corrected chi connectivity index (χ1v) is 7.40. The lowest BCUT2D eigenvalue weighted by molar-refractivity contribution is -0.153. The summed E-state index contributed by atoms with van der Waals surface area (Å²) < 4.78 is 17.3. The fourth-order valence-electron chi connectivity index (χ4n) is 1.81. The van der Waals surface area contributed by atoms with Gasteiger partial charge < -0.3 is 14.0 Å². The minimum absolute atomic E-state index is 0.168. The third-order valence-electron chi connectivity index (χ3n) is 4.15. The molecule has 0 saturated carbocycles. The lowest BCUT2D eigenvalue weighted by Gasteiger charge is -2.32. The van der Waals surface area contributed by atoms with Gasteiger partial charge in [-0.25, -0.2) is 0 Å². The first-order valence-electron chi connectivity index (χ1n) is 7.40. The minimum Gasteiger partial charge on any atom is -0.465 e. The van der Waals surface area contributed by atoms with Gasteiger partial charge in [-0.15, -0.1) is 0 Å². The Kier molecular flexibility index (Phi) is 4.97. The Morgan fingerprint density at radius 3 is 2.00 bits per heavy atom. The van der Waals surface area contributed by atoms with Gasteiger partial charge in [0.15, 0.2) is 0 Å². The van der Waals surface area contributed by atoms with Crippen LogP contribution < -0.4 is 0 Å². The van der Waals surface area contributed by atoms with Gasteiger partial charge in [0.1, 0.15) is 0 Å². The van der Waals surface area contributed by atoms with E-state index in [1.807, 2.05) is 48.5 Å². The lowest BCUT2D eigenvalue weighted by Crippen LogP contribution is -2.41. The Bertz CT molecular complexity index is 341. The maximum Gasteiger partial charge on any atom is 0.461 e. The molecule has 20 heavy (non-hydrogen) atoms. The first-order chi connectivity index (χ1) is 8.87. The van der Waals surface area contributed by atoms with Crippen molar-refractivity contribution < 1.29 is 18.8 Å². The summed E-state index contributed by atoms with van der Waals surface area (Å²) in [6.07, 6.45) is 0.735. The monoisotopic (exact) mass is 284 g/mol. The number of hydrogen-bond donors (Lipinski definition) is 0. The molecular formula is C15H29BO4. The van der Waals surface area contributed by atoms with Gasteiger partial charge in [-0.05, 0) is 60.7 Å². The molecule has 0 bridgehead atoms. The molecule has 0 spiro atoms. The van der Waals surface area contributed by atoms with Crippen molar-refractivity contribution in [1.29, 1.82) is 0 Å². The summed E-state index contributed by atoms with van der Waals surface area (Å²) in [4.78, 5) is 11.7. The zero-order valence-corrected chi connectivity index (χ0v) is 14.2. The molecule has 0 N–H and O–H groups in total. The van der Waals surface area contributed by atoms with Gasteiger partial charge in [0.05, 0.1) is 23.2 Å². The molecule has 1 saturated heterocycles. The second kappa shape index (κ2) is 5.68. The third kappa shape index (κ3) is 3.98. The molecule has 1 atom stereocenters. The highest BCUT2D eigenvalue weighted by Gasteiger charge is 2.52. The Balaban J connectivity index is 2.42. The van der Waals surface area contributed by atoms with Crippen LogP contribution in [0.25, 0.3) is 0 Å². The van der Waals surface area contributed by atoms with Gasteiger partial charge in [-0.3, -0.25) is 4.79 Å². The molecule has 1 aliphatic heterocycles. The molecule has 0 amide bonds. The molecular weight excluding hydrogens is 255 g/mol. The zero-order valence-electron chi connectivity index (χ0n) is 14.2. The van der Waals surface area contributed by atoms with Crippen molar-refractivity contribution >= 4 is 13.1 Å². The highest BCUT2D eigenvalue weighted by Crippen LogP contribution is 2.40. The molecule has 0 radical (unpaired) electrons. The van der Waals surface area contributed by atoms with Crippen molar-refractivity contribution in [3.05, 3.63) is 0 Å². The normalized spacial score (nSPS) is 22.7. The predicted molar refractivity (Wildman–Crippen MR) is 80.5 cm³/mol. The van der Waals surface area contributed by atoms with E-state index >= 15 is 0 Å². The first kappa shape index (κ1) is 17.5. The molecule has 1 rings (SSSR count). The van der Waals surface area contributed by atoms with E-state index in [0.717, 1.165) is 6.42 Å². The minimum atomic E-state index is -0.451. The summed E-state index contributed by atoms with van der Waals surface area (Å²) in [5, 5.41) is 0. The third-order valence-corrected chi connectivity index (χ3v) is 4.15. The van der Waals surface area contributed by atoms with E-state index in [4.69, 9.17) is 14.0 Å². The van der Waals surface area contributed by atoms with Gasteiger partial charge in [0.25, 0.3) is 0 Å². The van der Waals surface area contributed by atoms with Crippen LogP contribution in [-0.2, 0) is 18.8 Å². The average Bonchev–Trinajstić information content (AvgIpc) is 2.46. The average molecular weight is 284 g/mol. The van der Waals surface area contributed by atoms with Crippen molar-refractivity contribution in [3.63, 3.8) is 0 Å². The fourth-order valence-corrected chi connectivity index (χ4v) is 1.81. The summed E-state index contributed by atoms with van der Waals surface area (Å²) >= 11 is 0. The van der Waals surface area contributed by atoms with E-state index in [2.05, 4.69) is 6.92 Å². The molecule has 0 aliphatic carbocycles. The molecule has 0 aromatic rings. The van der Waals surface area contributed by atoms with Crippen molar-refractivity contribution in [2.75, 3.05) is 6.61 Å². The van der Waals surface area contributed by atoms with E-state index in [-0.39, 0.29) is 30.1 Å². The fraction of sp³-hybridized carbons (Fsp3) is 0.933. The summed E-state index contributed by atoms with van der Waals surface area (Å²) in [6.45, 7) is 16.2. The number of carbonyl (C=O) groups is 1. The van der Waals surface area contributed by atoms with Crippen LogP contribution in [0.1, 0.15) is 61.8 Å². The van der Waals surface area contributed by atoms with Crippen molar-refractivity contribution in [2.45, 2.75) is 78.8 Å². The van der Waals surface area contributed by atoms with Crippen molar-refractivity contribution in [1.82, 2.24) is 0 Å². The molecule has 116 valence electrons. The summed E-state index contributed by atoms with van der Waals surface area (Å²) in [6, 6.07) is 0. The summed E-state index contributed by atoms with van der Waals surface area (Å²) in [7, 11) is -0.242. The van der Waals surface area contributed by atoms with Crippen LogP contribution in [0.5, 0.6) is 0 Å². The highest BCUT2D eigenvalue weighted by atomic mass is 16.7. The van der Waals surface area contributed by atoms with E-state index < -0.39 is 5.41 Å². The molecule has 4 nitrogen and oxygen atoms in total. The highest BCUT2D eigenvalue weighted by molar-refractivity contribution is 6.47. The number of hydrogen-bond acceptors (Lipinski definition) is 4. The quantitative estimate of drug-likeness (QED) is 0.586. The van der Waals surface area contributed by atoms with Crippen molar-refractivity contribution in [3.8, 4) is 0 Å². The zero-order chi connectivity index (χ0) is 15.8. The molecule has 0 aromatic carbocycles. The van der Waals surface area contributed by atoms with E-state index in [9.17, 15) is 4.79 Å². The van der Waals surface area contributed by atoms with E-state index in [1.165, 1.54) is 0 Å². The smallest absolute Gasteiger partial charge is 0.461 e. The van der Waals surface area contributed by atoms with Gasteiger partial charge in [-0.1, -0.05) is 6.92 Å². The number of rotatable bonds is 4. The van der Waals surface area contributed by atoms with Crippen LogP contribution in [-0.4, -0.2) is 30.9 Å². The van der Waals surface area contributed by atoms with Crippen LogP contribution in [0.4, 0.5) is 0 Å². The van der Waals surface area contributed by atoms with Gasteiger partial charge in [0, 0.05) is 0 Å². The maximum atomic E-state index is 11.7. The van der Waals surface area contributed by atoms with E-state index in [1.54, 1.807) is 0 Å². The molecule has 1 fully saturated rings. The Morgan fingerprint density at radius 1 is 1.15 bits per heavy atom. The molecule has 0 unspecified atom stereocenters. The van der Waals surface area contributed by atoms with Gasteiger partial charge in [0.2, 0.25) is 0 Å². The number of esters is 1. The van der Waals surface area contributed by atoms with Crippen LogP contribution in [0, 0.1) is 5.41 Å².